The van der Waals surface area contributed by atoms with Crippen LogP contribution in [0.5, 0.6) is 17.2 Å². The van der Waals surface area contributed by atoms with E-state index in [1.807, 2.05) is 12.1 Å². The van der Waals surface area contributed by atoms with Crippen LogP contribution in [0.3, 0.4) is 0 Å². The van der Waals surface area contributed by atoms with Crippen molar-refractivity contribution in [1.82, 2.24) is 4.98 Å². The molecule has 0 radical (unpaired) electrons. The SMILES string of the molecule is COc1ccc(Nc2cc(O)c(C=C3C=Nc4ncccc43)o2)c(OC)c1. The molecular weight excluding hydrogens is 346 g/mol. The van der Waals surface area contributed by atoms with Crippen LogP contribution < -0.4 is 14.8 Å². The van der Waals surface area contributed by atoms with Crippen molar-refractivity contribution < 1.29 is 19.0 Å². The Labute approximate surface area is 155 Å². The van der Waals surface area contributed by atoms with Gasteiger partial charge in [-0.2, -0.15) is 0 Å². The molecule has 0 saturated heterocycles. The fourth-order valence-corrected chi connectivity index (χ4v) is 2.78. The van der Waals surface area contributed by atoms with Crippen molar-refractivity contribution in [3.8, 4) is 17.2 Å². The van der Waals surface area contributed by atoms with Crippen LogP contribution >= 0.6 is 0 Å². The maximum atomic E-state index is 10.2. The van der Waals surface area contributed by atoms with Crippen LogP contribution in [0.1, 0.15) is 11.3 Å². The molecule has 0 unspecified atom stereocenters. The Hall–Kier alpha value is -3.74. The summed E-state index contributed by atoms with van der Waals surface area (Å²) in [5.41, 5.74) is 2.39. The summed E-state index contributed by atoms with van der Waals surface area (Å²) >= 11 is 0. The number of aliphatic imine (C=N–C) groups is 1. The van der Waals surface area contributed by atoms with Crippen LogP contribution in [0.2, 0.25) is 0 Å². The average Bonchev–Trinajstić information content (AvgIpc) is 3.26. The van der Waals surface area contributed by atoms with Gasteiger partial charge in [0.2, 0.25) is 5.88 Å². The Kier molecular flexibility index (Phi) is 4.25. The van der Waals surface area contributed by atoms with E-state index in [1.165, 1.54) is 6.07 Å². The van der Waals surface area contributed by atoms with Gasteiger partial charge in [0.15, 0.2) is 17.3 Å². The molecule has 1 aliphatic heterocycles. The van der Waals surface area contributed by atoms with Crippen LogP contribution in [0.4, 0.5) is 17.4 Å². The average molecular weight is 363 g/mol. The van der Waals surface area contributed by atoms with Gasteiger partial charge >= 0.3 is 0 Å². The number of nitrogens with one attached hydrogen (secondary N) is 1. The molecule has 0 amide bonds. The van der Waals surface area contributed by atoms with E-state index in [4.69, 9.17) is 13.9 Å². The smallest absolute Gasteiger partial charge is 0.201 e. The van der Waals surface area contributed by atoms with E-state index in [0.717, 1.165) is 11.1 Å². The predicted octanol–water partition coefficient (Wildman–Crippen LogP) is 4.40. The van der Waals surface area contributed by atoms with Gasteiger partial charge in [0, 0.05) is 35.7 Å². The van der Waals surface area contributed by atoms with Gasteiger partial charge in [-0.25, -0.2) is 9.98 Å². The van der Waals surface area contributed by atoms with Crippen LogP contribution in [-0.4, -0.2) is 30.5 Å². The number of furan rings is 1. The molecule has 2 N–H and O–H groups in total. The molecule has 1 aromatic carbocycles. The lowest BCUT2D eigenvalue weighted by Crippen LogP contribution is -1.94. The second-order valence-electron chi connectivity index (χ2n) is 5.78. The first-order valence-corrected chi connectivity index (χ1v) is 8.21. The fourth-order valence-electron chi connectivity index (χ4n) is 2.78. The number of methoxy groups -OCH3 is 2. The fraction of sp³-hybridized carbons (Fsp3) is 0.100. The van der Waals surface area contributed by atoms with Crippen LogP contribution in [-0.2, 0) is 0 Å². The molecule has 7 heteroatoms. The third kappa shape index (κ3) is 3.22. The second-order valence-corrected chi connectivity index (χ2v) is 5.78. The van der Waals surface area contributed by atoms with Crippen molar-refractivity contribution in [2.45, 2.75) is 0 Å². The molecule has 4 rings (SSSR count). The Morgan fingerprint density at radius 3 is 2.85 bits per heavy atom. The topological polar surface area (TPSA) is 89.1 Å². The first-order valence-electron chi connectivity index (χ1n) is 8.21. The summed E-state index contributed by atoms with van der Waals surface area (Å²) in [6, 6.07) is 10.6. The summed E-state index contributed by atoms with van der Waals surface area (Å²) < 4.78 is 16.3. The molecule has 1 aliphatic rings. The minimum absolute atomic E-state index is 0.0169. The molecule has 136 valence electrons. The summed E-state index contributed by atoms with van der Waals surface area (Å²) in [5.74, 6) is 2.64. The van der Waals surface area contributed by atoms with Crippen molar-refractivity contribution in [3.05, 3.63) is 53.9 Å². The number of aromatic nitrogens is 1. The van der Waals surface area contributed by atoms with Crippen molar-refractivity contribution >= 4 is 35.3 Å². The Bertz CT molecular complexity index is 1050. The zero-order valence-electron chi connectivity index (χ0n) is 14.8. The maximum Gasteiger partial charge on any atom is 0.201 e. The number of rotatable bonds is 5. The third-order valence-electron chi connectivity index (χ3n) is 4.12. The molecule has 3 heterocycles. The lowest BCUT2D eigenvalue weighted by molar-refractivity contribution is 0.395. The molecule has 7 nitrogen and oxygen atoms in total. The minimum Gasteiger partial charge on any atom is -0.504 e. The van der Waals surface area contributed by atoms with Crippen molar-refractivity contribution in [2.75, 3.05) is 19.5 Å². The standard InChI is InChI=1S/C20H17N3O4/c1-25-13-5-6-15(17(9-13)26-2)23-19-10-16(24)18(27-19)8-12-11-22-20-14(12)4-3-7-21-20/h3-11,23-24H,1-2H3. The lowest BCUT2D eigenvalue weighted by Gasteiger charge is -2.10. The number of hydrogen-bond acceptors (Lipinski definition) is 7. The highest BCUT2D eigenvalue weighted by atomic mass is 16.5. The van der Waals surface area contributed by atoms with Crippen molar-refractivity contribution in [3.63, 3.8) is 0 Å². The van der Waals surface area contributed by atoms with Gasteiger partial charge in [0.05, 0.1) is 19.9 Å². The molecule has 3 aromatic rings. The van der Waals surface area contributed by atoms with E-state index >= 15 is 0 Å². The number of hydrogen-bond donors (Lipinski definition) is 2. The van der Waals surface area contributed by atoms with Gasteiger partial charge in [-0.1, -0.05) is 0 Å². The van der Waals surface area contributed by atoms with Gasteiger partial charge in [-0.15, -0.1) is 0 Å². The lowest BCUT2D eigenvalue weighted by atomic mass is 10.1. The van der Waals surface area contributed by atoms with E-state index < -0.39 is 0 Å². The highest BCUT2D eigenvalue weighted by Crippen LogP contribution is 2.37. The highest BCUT2D eigenvalue weighted by molar-refractivity contribution is 6.20. The maximum absolute atomic E-state index is 10.2. The van der Waals surface area contributed by atoms with E-state index in [0.29, 0.717) is 34.6 Å². The number of aromatic hydroxyl groups is 1. The zero-order valence-corrected chi connectivity index (χ0v) is 14.8. The highest BCUT2D eigenvalue weighted by Gasteiger charge is 2.16. The van der Waals surface area contributed by atoms with Crippen LogP contribution in [0, 0.1) is 0 Å². The Morgan fingerprint density at radius 1 is 1.15 bits per heavy atom. The molecule has 27 heavy (non-hydrogen) atoms. The number of fused-ring (bicyclic) bond motifs is 1. The van der Waals surface area contributed by atoms with Crippen LogP contribution in [0.15, 0.2) is 52.0 Å². The molecule has 0 bridgehead atoms. The number of anilines is 2. The number of ether oxygens (including phenoxy) is 2. The minimum atomic E-state index is 0.0169. The number of pyridine rings is 1. The first-order chi connectivity index (χ1) is 13.2. The van der Waals surface area contributed by atoms with E-state index in [2.05, 4.69) is 15.3 Å². The summed E-state index contributed by atoms with van der Waals surface area (Å²) in [4.78, 5) is 8.45. The van der Waals surface area contributed by atoms with E-state index in [9.17, 15) is 5.11 Å². The van der Waals surface area contributed by atoms with Gasteiger partial charge < -0.3 is 24.3 Å². The quantitative estimate of drug-likeness (QED) is 0.698. The third-order valence-corrected chi connectivity index (χ3v) is 4.12. The van der Waals surface area contributed by atoms with E-state index in [-0.39, 0.29) is 5.75 Å². The van der Waals surface area contributed by atoms with Gasteiger partial charge in [-0.05, 0) is 30.3 Å². The second kappa shape index (κ2) is 6.87. The molecule has 0 saturated carbocycles. The number of benzene rings is 1. The largest absolute Gasteiger partial charge is 0.504 e. The predicted molar refractivity (Wildman–Crippen MR) is 103 cm³/mol. The Balaban J connectivity index is 1.62. The number of allylic oxidation sites excluding steroid dienone is 1. The van der Waals surface area contributed by atoms with Gasteiger partial charge in [0.25, 0.3) is 0 Å². The van der Waals surface area contributed by atoms with Crippen molar-refractivity contribution in [2.24, 2.45) is 4.99 Å². The summed E-state index contributed by atoms with van der Waals surface area (Å²) in [5, 5.41) is 13.3. The summed E-state index contributed by atoms with van der Waals surface area (Å²) in [7, 11) is 3.16. The summed E-state index contributed by atoms with van der Waals surface area (Å²) in [6.45, 7) is 0. The van der Waals surface area contributed by atoms with Gasteiger partial charge in [0.1, 0.15) is 11.5 Å². The first kappa shape index (κ1) is 16.7. The molecule has 0 atom stereocenters. The van der Waals surface area contributed by atoms with Crippen molar-refractivity contribution in [1.29, 1.82) is 0 Å². The zero-order chi connectivity index (χ0) is 18.8. The molecule has 2 aromatic heterocycles. The number of nitrogens with zero attached hydrogens (tertiary/aromatic N) is 2. The Morgan fingerprint density at radius 2 is 2.04 bits per heavy atom. The van der Waals surface area contributed by atoms with Gasteiger partial charge in [-0.3, -0.25) is 0 Å². The summed E-state index contributed by atoms with van der Waals surface area (Å²) in [6.07, 6.45) is 5.11. The molecule has 0 spiro atoms. The van der Waals surface area contributed by atoms with Crippen LogP contribution in [0.25, 0.3) is 11.6 Å². The molecule has 0 fully saturated rings. The molecular formula is C20H17N3O4. The van der Waals surface area contributed by atoms with E-state index in [1.54, 1.807) is 50.9 Å². The molecule has 0 aliphatic carbocycles. The normalized spacial score (nSPS) is 13.6. The monoisotopic (exact) mass is 363 g/mol.